The van der Waals surface area contributed by atoms with Gasteiger partial charge in [-0.3, -0.25) is 0 Å². The molecule has 0 aliphatic rings. The molecule has 0 heterocycles. The number of halogens is 1. The van der Waals surface area contributed by atoms with Crippen LogP contribution in [-0.2, 0) is 6.54 Å². The first-order valence-electron chi connectivity index (χ1n) is 7.41. The van der Waals surface area contributed by atoms with Crippen LogP contribution in [0.3, 0.4) is 0 Å². The van der Waals surface area contributed by atoms with Gasteiger partial charge >= 0.3 is 0 Å². The SMILES string of the molecule is CCCCN(CCCC)c1c(Cl)cccc1CNC. The molecule has 1 aromatic carbocycles. The molecule has 1 N–H and O–H groups in total. The Morgan fingerprint density at radius 2 is 1.74 bits per heavy atom. The maximum Gasteiger partial charge on any atom is 0.0642 e. The zero-order chi connectivity index (χ0) is 14.1. The van der Waals surface area contributed by atoms with Crippen LogP contribution >= 0.6 is 11.6 Å². The van der Waals surface area contributed by atoms with Gasteiger partial charge in [0.1, 0.15) is 0 Å². The largest absolute Gasteiger partial charge is 0.370 e. The minimum Gasteiger partial charge on any atom is -0.370 e. The number of para-hydroxylation sites is 1. The highest BCUT2D eigenvalue weighted by molar-refractivity contribution is 6.33. The van der Waals surface area contributed by atoms with E-state index in [0.29, 0.717) is 0 Å². The Morgan fingerprint density at radius 1 is 1.11 bits per heavy atom. The van der Waals surface area contributed by atoms with E-state index in [9.17, 15) is 0 Å². The highest BCUT2D eigenvalue weighted by atomic mass is 35.5. The van der Waals surface area contributed by atoms with E-state index in [2.05, 4.69) is 30.1 Å². The predicted molar refractivity (Wildman–Crippen MR) is 86.2 cm³/mol. The molecule has 3 heteroatoms. The van der Waals surface area contributed by atoms with Crippen molar-refractivity contribution >= 4 is 17.3 Å². The van der Waals surface area contributed by atoms with Crippen LogP contribution in [0, 0.1) is 0 Å². The highest BCUT2D eigenvalue weighted by Gasteiger charge is 2.13. The van der Waals surface area contributed by atoms with Gasteiger partial charge in [-0.1, -0.05) is 50.4 Å². The summed E-state index contributed by atoms with van der Waals surface area (Å²) in [5, 5.41) is 4.11. The third-order valence-corrected chi connectivity index (χ3v) is 3.62. The fourth-order valence-electron chi connectivity index (χ4n) is 2.28. The van der Waals surface area contributed by atoms with Crippen LogP contribution < -0.4 is 10.2 Å². The second kappa shape index (κ2) is 9.22. The predicted octanol–water partition coefficient (Wildman–Crippen LogP) is 4.47. The van der Waals surface area contributed by atoms with E-state index in [0.717, 1.165) is 24.7 Å². The number of benzene rings is 1. The topological polar surface area (TPSA) is 15.3 Å². The van der Waals surface area contributed by atoms with Crippen molar-refractivity contribution in [2.45, 2.75) is 46.1 Å². The van der Waals surface area contributed by atoms with E-state index in [-0.39, 0.29) is 0 Å². The van der Waals surface area contributed by atoms with Gasteiger partial charge in [0.25, 0.3) is 0 Å². The van der Waals surface area contributed by atoms with Gasteiger partial charge in [-0.2, -0.15) is 0 Å². The van der Waals surface area contributed by atoms with Crippen molar-refractivity contribution in [3.8, 4) is 0 Å². The van der Waals surface area contributed by atoms with Gasteiger partial charge in [-0.25, -0.2) is 0 Å². The Kier molecular flexibility index (Phi) is 7.92. The Bertz CT molecular complexity index is 358. The average Bonchev–Trinajstić information content (AvgIpc) is 2.41. The van der Waals surface area contributed by atoms with Crippen molar-refractivity contribution in [2.24, 2.45) is 0 Å². The lowest BCUT2D eigenvalue weighted by molar-refractivity contribution is 0.672. The first-order valence-corrected chi connectivity index (χ1v) is 7.79. The monoisotopic (exact) mass is 282 g/mol. The molecule has 1 aromatic rings. The summed E-state index contributed by atoms with van der Waals surface area (Å²) >= 11 is 6.45. The molecule has 0 amide bonds. The average molecular weight is 283 g/mol. The molecule has 0 saturated carbocycles. The Hall–Kier alpha value is -0.730. The van der Waals surface area contributed by atoms with E-state index in [1.54, 1.807) is 0 Å². The molecule has 0 fully saturated rings. The van der Waals surface area contributed by atoms with E-state index in [1.165, 1.54) is 36.9 Å². The van der Waals surface area contributed by atoms with Crippen LogP contribution in [-0.4, -0.2) is 20.1 Å². The van der Waals surface area contributed by atoms with Crippen LogP contribution in [0.5, 0.6) is 0 Å². The molecule has 0 radical (unpaired) electrons. The van der Waals surface area contributed by atoms with Gasteiger partial charge in [0, 0.05) is 19.6 Å². The molecular formula is C16H27ClN2. The summed E-state index contributed by atoms with van der Waals surface area (Å²) in [5.41, 5.74) is 2.52. The molecule has 2 nitrogen and oxygen atoms in total. The molecule has 0 saturated heterocycles. The van der Waals surface area contributed by atoms with Gasteiger partial charge in [0.2, 0.25) is 0 Å². The highest BCUT2D eigenvalue weighted by Crippen LogP contribution is 2.30. The summed E-state index contributed by atoms with van der Waals surface area (Å²) < 4.78 is 0. The van der Waals surface area contributed by atoms with Crippen LogP contribution in [0.4, 0.5) is 5.69 Å². The van der Waals surface area contributed by atoms with Gasteiger partial charge in [0.15, 0.2) is 0 Å². The van der Waals surface area contributed by atoms with Gasteiger partial charge in [-0.05, 0) is 31.5 Å². The van der Waals surface area contributed by atoms with Crippen LogP contribution in [0.1, 0.15) is 45.1 Å². The summed E-state index contributed by atoms with van der Waals surface area (Å²) in [5.74, 6) is 0. The molecule has 1 rings (SSSR count). The maximum absolute atomic E-state index is 6.45. The molecular weight excluding hydrogens is 256 g/mol. The van der Waals surface area contributed by atoms with Crippen molar-refractivity contribution in [3.63, 3.8) is 0 Å². The number of unbranched alkanes of at least 4 members (excludes halogenated alkanes) is 2. The summed E-state index contributed by atoms with van der Waals surface area (Å²) in [6, 6.07) is 6.21. The van der Waals surface area contributed by atoms with E-state index in [4.69, 9.17) is 11.6 Å². The third kappa shape index (κ3) is 5.04. The quantitative estimate of drug-likeness (QED) is 0.719. The smallest absolute Gasteiger partial charge is 0.0642 e. The van der Waals surface area contributed by atoms with Crippen molar-refractivity contribution < 1.29 is 0 Å². The number of hydrogen-bond acceptors (Lipinski definition) is 2. The van der Waals surface area contributed by atoms with Gasteiger partial charge in [-0.15, -0.1) is 0 Å². The lowest BCUT2D eigenvalue weighted by Crippen LogP contribution is -2.27. The fraction of sp³-hybridized carbons (Fsp3) is 0.625. The van der Waals surface area contributed by atoms with Crippen molar-refractivity contribution in [1.29, 1.82) is 0 Å². The molecule has 0 bridgehead atoms. The molecule has 0 aromatic heterocycles. The van der Waals surface area contributed by atoms with Gasteiger partial charge in [0.05, 0.1) is 10.7 Å². The maximum atomic E-state index is 6.45. The van der Waals surface area contributed by atoms with E-state index >= 15 is 0 Å². The summed E-state index contributed by atoms with van der Waals surface area (Å²) in [4.78, 5) is 2.46. The summed E-state index contributed by atoms with van der Waals surface area (Å²) in [7, 11) is 1.98. The second-order valence-corrected chi connectivity index (χ2v) is 5.38. The molecule has 19 heavy (non-hydrogen) atoms. The molecule has 0 aliphatic heterocycles. The van der Waals surface area contributed by atoms with Gasteiger partial charge < -0.3 is 10.2 Å². The van der Waals surface area contributed by atoms with Crippen LogP contribution in [0.15, 0.2) is 18.2 Å². The minimum absolute atomic E-state index is 0.866. The Morgan fingerprint density at radius 3 is 2.26 bits per heavy atom. The summed E-state index contributed by atoms with van der Waals surface area (Å²) in [6.07, 6.45) is 4.87. The molecule has 0 unspecified atom stereocenters. The lowest BCUT2D eigenvalue weighted by Gasteiger charge is -2.28. The third-order valence-electron chi connectivity index (χ3n) is 3.32. The van der Waals surface area contributed by atoms with Crippen molar-refractivity contribution in [2.75, 3.05) is 25.0 Å². The fourth-order valence-corrected chi connectivity index (χ4v) is 2.59. The van der Waals surface area contributed by atoms with E-state index < -0.39 is 0 Å². The normalized spacial score (nSPS) is 10.7. The van der Waals surface area contributed by atoms with Crippen LogP contribution in [0.25, 0.3) is 0 Å². The number of nitrogens with one attached hydrogen (secondary N) is 1. The lowest BCUT2D eigenvalue weighted by atomic mass is 10.1. The van der Waals surface area contributed by atoms with E-state index in [1.807, 2.05) is 19.2 Å². The number of anilines is 1. The van der Waals surface area contributed by atoms with Crippen molar-refractivity contribution in [1.82, 2.24) is 5.32 Å². The number of hydrogen-bond donors (Lipinski definition) is 1. The summed E-state index contributed by atoms with van der Waals surface area (Å²) in [6.45, 7) is 7.52. The molecule has 0 atom stereocenters. The molecule has 0 spiro atoms. The second-order valence-electron chi connectivity index (χ2n) is 4.97. The first-order chi connectivity index (χ1) is 9.24. The minimum atomic E-state index is 0.866. The standard InChI is InChI=1S/C16H27ClN2/c1-4-6-11-19(12-7-5-2)16-14(13-18-3)9-8-10-15(16)17/h8-10,18H,4-7,11-13H2,1-3H3. The Balaban J connectivity index is 2.97. The number of nitrogens with zero attached hydrogens (tertiary/aromatic N) is 1. The molecule has 108 valence electrons. The zero-order valence-electron chi connectivity index (χ0n) is 12.5. The number of rotatable bonds is 9. The Labute approximate surface area is 123 Å². The first kappa shape index (κ1) is 16.3. The van der Waals surface area contributed by atoms with Crippen LogP contribution in [0.2, 0.25) is 5.02 Å². The van der Waals surface area contributed by atoms with Crippen molar-refractivity contribution in [3.05, 3.63) is 28.8 Å². The zero-order valence-corrected chi connectivity index (χ0v) is 13.3. The molecule has 0 aliphatic carbocycles.